The van der Waals surface area contributed by atoms with Crippen molar-refractivity contribution in [2.75, 3.05) is 26.2 Å². The lowest BCUT2D eigenvalue weighted by Crippen LogP contribution is -2.55. The van der Waals surface area contributed by atoms with Gasteiger partial charge in [-0.3, -0.25) is 28.8 Å². The van der Waals surface area contributed by atoms with Crippen molar-refractivity contribution in [2.45, 2.75) is 64.6 Å². The van der Waals surface area contributed by atoms with E-state index in [1.807, 2.05) is 0 Å². The maximum Gasteiger partial charge on any atom is 0.322 e. The minimum atomic E-state index is -1.25. The molecule has 0 aliphatic heterocycles. The molecule has 0 bridgehead atoms. The van der Waals surface area contributed by atoms with Gasteiger partial charge in [0.1, 0.15) is 18.6 Å². The van der Waals surface area contributed by atoms with Gasteiger partial charge in [-0.15, -0.1) is 0 Å². The summed E-state index contributed by atoms with van der Waals surface area (Å²) in [5.41, 5.74) is 5.15. The number of aliphatic hydroxyl groups is 1. The third kappa shape index (κ3) is 16.1. The van der Waals surface area contributed by atoms with Crippen LogP contribution in [0.4, 0.5) is 0 Å². The van der Waals surface area contributed by atoms with E-state index in [1.165, 1.54) is 0 Å². The molecule has 0 aromatic rings. The summed E-state index contributed by atoms with van der Waals surface area (Å²) in [6.07, 6.45) is -0.257. The number of nitrogens with one attached hydrogen (secondary N) is 5. The van der Waals surface area contributed by atoms with Crippen molar-refractivity contribution in [1.82, 2.24) is 26.6 Å². The number of primary amides is 1. The lowest BCUT2D eigenvalue weighted by molar-refractivity contribution is -0.138. The molecule has 14 heteroatoms. The fraction of sp³-hybridized carbons (Fsp3) is 0.714. The first kappa shape index (κ1) is 31.7. The predicted octanol–water partition coefficient (Wildman–Crippen LogP) is -3.05. The van der Waals surface area contributed by atoms with Gasteiger partial charge in [-0.25, -0.2) is 0 Å². The maximum atomic E-state index is 12.8. The largest absolute Gasteiger partial charge is 0.480 e. The van der Waals surface area contributed by atoms with Crippen LogP contribution >= 0.6 is 0 Å². The molecule has 5 amide bonds. The van der Waals surface area contributed by atoms with Crippen molar-refractivity contribution < 1.29 is 39.0 Å². The van der Waals surface area contributed by atoms with Crippen molar-refractivity contribution in [3.63, 3.8) is 0 Å². The molecule has 0 fully saturated rings. The molecule has 0 aromatic heterocycles. The van der Waals surface area contributed by atoms with Crippen LogP contribution in [0.5, 0.6) is 0 Å². The number of aliphatic hydroxyl groups excluding tert-OH is 1. The Hall–Kier alpha value is -3.26. The fourth-order valence-corrected chi connectivity index (χ4v) is 2.80. The van der Waals surface area contributed by atoms with Crippen LogP contribution < -0.4 is 32.3 Å². The SMILES string of the molecule is CC[C@H](O)CNCC(=O)NCC(=O)N[C@H](CCC(N)=O)C(=O)N[C@@H](CC(C)C)C(=O)NCC(=O)O. The van der Waals surface area contributed by atoms with Gasteiger partial charge in [0.25, 0.3) is 0 Å². The van der Waals surface area contributed by atoms with Gasteiger partial charge in [0.15, 0.2) is 0 Å². The molecule has 200 valence electrons. The normalized spacial score (nSPS) is 13.3. The molecule has 0 aromatic carbocycles. The van der Waals surface area contributed by atoms with E-state index < -0.39 is 66.8 Å². The van der Waals surface area contributed by atoms with Crippen molar-refractivity contribution in [2.24, 2.45) is 11.7 Å². The zero-order valence-corrected chi connectivity index (χ0v) is 20.4. The first-order valence-electron chi connectivity index (χ1n) is 11.4. The van der Waals surface area contributed by atoms with Crippen LogP contribution in [0.1, 0.15) is 46.5 Å². The second-order valence-corrected chi connectivity index (χ2v) is 8.40. The molecule has 0 heterocycles. The Morgan fingerprint density at radius 3 is 2.06 bits per heavy atom. The summed E-state index contributed by atoms with van der Waals surface area (Å²) < 4.78 is 0. The molecule has 35 heavy (non-hydrogen) atoms. The maximum absolute atomic E-state index is 12.8. The molecule has 0 saturated carbocycles. The molecule has 0 unspecified atom stereocenters. The predicted molar refractivity (Wildman–Crippen MR) is 125 cm³/mol. The first-order chi connectivity index (χ1) is 16.3. The topological polar surface area (TPSA) is 229 Å². The standard InChI is InChI=1S/C21H38N6O8/c1-4-13(28)8-23-9-17(30)24-10-18(31)26-14(5-6-16(22)29)21(35)27-15(7-12(2)3)20(34)25-11-19(32)33/h12-15,23,28H,4-11H2,1-3H3,(H2,22,29)(H,24,30)(H,25,34)(H,26,31)(H,27,35)(H,32,33)/t13-,14+,15-/m0/s1. The number of nitrogens with two attached hydrogens (primary N) is 1. The third-order valence-electron chi connectivity index (χ3n) is 4.67. The van der Waals surface area contributed by atoms with E-state index >= 15 is 0 Å². The number of carbonyl (C=O) groups excluding carboxylic acids is 5. The Bertz CT molecular complexity index is 745. The molecular formula is C21H38N6O8. The monoisotopic (exact) mass is 502 g/mol. The summed E-state index contributed by atoms with van der Waals surface area (Å²) in [6, 6.07) is -2.30. The summed E-state index contributed by atoms with van der Waals surface area (Å²) in [4.78, 5) is 71.2. The van der Waals surface area contributed by atoms with Crippen molar-refractivity contribution >= 4 is 35.5 Å². The minimum absolute atomic E-state index is 0.0307. The second-order valence-electron chi connectivity index (χ2n) is 8.40. The Morgan fingerprint density at radius 2 is 1.51 bits per heavy atom. The number of carboxylic acids is 1. The Labute approximate surface area is 204 Å². The van der Waals surface area contributed by atoms with E-state index in [0.29, 0.717) is 6.42 Å². The zero-order chi connectivity index (χ0) is 27.0. The number of carboxylic acid groups (broad SMARTS) is 1. The quantitative estimate of drug-likeness (QED) is 0.0950. The van der Waals surface area contributed by atoms with Crippen molar-refractivity contribution in [3.8, 4) is 0 Å². The second kappa shape index (κ2) is 17.2. The van der Waals surface area contributed by atoms with E-state index in [4.69, 9.17) is 10.8 Å². The summed E-state index contributed by atoms with van der Waals surface area (Å²) in [5, 5.41) is 30.4. The Morgan fingerprint density at radius 1 is 0.857 bits per heavy atom. The highest BCUT2D eigenvalue weighted by Crippen LogP contribution is 2.07. The number of amides is 5. The van der Waals surface area contributed by atoms with E-state index in [1.54, 1.807) is 20.8 Å². The highest BCUT2D eigenvalue weighted by molar-refractivity contribution is 5.94. The summed E-state index contributed by atoms with van der Waals surface area (Å²) in [7, 11) is 0. The summed E-state index contributed by atoms with van der Waals surface area (Å²) >= 11 is 0. The Kier molecular flexibility index (Phi) is 15.6. The van der Waals surface area contributed by atoms with Crippen LogP contribution in [0.3, 0.4) is 0 Å². The summed E-state index contributed by atoms with van der Waals surface area (Å²) in [6.45, 7) is 4.40. The average molecular weight is 503 g/mol. The number of carbonyl (C=O) groups is 6. The highest BCUT2D eigenvalue weighted by Gasteiger charge is 2.28. The number of rotatable bonds is 18. The number of aliphatic carboxylic acids is 1. The van der Waals surface area contributed by atoms with Gasteiger partial charge in [0.05, 0.1) is 19.2 Å². The van der Waals surface area contributed by atoms with Gasteiger partial charge >= 0.3 is 5.97 Å². The molecule has 0 aliphatic carbocycles. The highest BCUT2D eigenvalue weighted by atomic mass is 16.4. The van der Waals surface area contributed by atoms with Crippen LogP contribution in [0, 0.1) is 5.92 Å². The van der Waals surface area contributed by atoms with Crippen LogP contribution in [0.2, 0.25) is 0 Å². The zero-order valence-electron chi connectivity index (χ0n) is 20.4. The van der Waals surface area contributed by atoms with Gasteiger partial charge in [-0.05, 0) is 25.2 Å². The van der Waals surface area contributed by atoms with Gasteiger partial charge < -0.3 is 42.5 Å². The van der Waals surface area contributed by atoms with Gasteiger partial charge in [-0.2, -0.15) is 0 Å². The van der Waals surface area contributed by atoms with Crippen molar-refractivity contribution in [3.05, 3.63) is 0 Å². The number of hydrogen-bond acceptors (Lipinski definition) is 8. The van der Waals surface area contributed by atoms with Crippen LogP contribution in [0.15, 0.2) is 0 Å². The first-order valence-corrected chi connectivity index (χ1v) is 11.4. The molecule has 0 saturated heterocycles. The summed E-state index contributed by atoms with van der Waals surface area (Å²) in [5.74, 6) is -4.68. The fourth-order valence-electron chi connectivity index (χ4n) is 2.80. The molecule has 0 aliphatic rings. The van der Waals surface area contributed by atoms with Gasteiger partial charge in [0.2, 0.25) is 29.5 Å². The third-order valence-corrected chi connectivity index (χ3v) is 4.67. The van der Waals surface area contributed by atoms with E-state index in [9.17, 15) is 33.9 Å². The van der Waals surface area contributed by atoms with Crippen LogP contribution in [-0.4, -0.2) is 90.1 Å². The minimum Gasteiger partial charge on any atom is -0.480 e. The molecular weight excluding hydrogens is 464 g/mol. The van der Waals surface area contributed by atoms with E-state index in [0.717, 1.165) is 0 Å². The van der Waals surface area contributed by atoms with E-state index in [-0.39, 0.29) is 38.3 Å². The molecule has 0 spiro atoms. The van der Waals surface area contributed by atoms with Crippen molar-refractivity contribution in [1.29, 1.82) is 0 Å². The Balaban J connectivity index is 5.03. The van der Waals surface area contributed by atoms with Gasteiger partial charge in [-0.1, -0.05) is 20.8 Å². The molecule has 0 rings (SSSR count). The molecule has 0 radical (unpaired) electrons. The van der Waals surface area contributed by atoms with E-state index in [2.05, 4.69) is 26.6 Å². The van der Waals surface area contributed by atoms with Gasteiger partial charge in [0, 0.05) is 13.0 Å². The smallest absolute Gasteiger partial charge is 0.322 e. The number of hydrogen-bond donors (Lipinski definition) is 8. The lowest BCUT2D eigenvalue weighted by atomic mass is 10.0. The average Bonchev–Trinajstić information content (AvgIpc) is 2.77. The molecule has 14 nitrogen and oxygen atoms in total. The van der Waals surface area contributed by atoms with Crippen LogP contribution in [0.25, 0.3) is 0 Å². The lowest BCUT2D eigenvalue weighted by Gasteiger charge is -2.24. The molecule has 3 atom stereocenters. The molecule has 9 N–H and O–H groups in total. The van der Waals surface area contributed by atoms with Crippen LogP contribution in [-0.2, 0) is 28.8 Å².